The van der Waals surface area contributed by atoms with Crippen molar-refractivity contribution in [3.63, 3.8) is 0 Å². The lowest BCUT2D eigenvalue weighted by Gasteiger charge is -2.23. The van der Waals surface area contributed by atoms with Gasteiger partial charge in [-0.05, 0) is 6.92 Å². The summed E-state index contributed by atoms with van der Waals surface area (Å²) in [6.07, 6.45) is 0.297. The summed E-state index contributed by atoms with van der Waals surface area (Å²) >= 11 is 0. The minimum atomic E-state index is -0.626. The smallest absolute Gasteiger partial charge is 0.176 e. The van der Waals surface area contributed by atoms with Crippen LogP contribution in [0.15, 0.2) is 0 Å². The number of rotatable bonds is 0. The van der Waals surface area contributed by atoms with Crippen molar-refractivity contribution in [3.05, 3.63) is 0 Å². The highest BCUT2D eigenvalue weighted by molar-refractivity contribution is 7.49. The van der Waals surface area contributed by atoms with Crippen LogP contribution < -0.4 is 0 Å². The Morgan fingerprint density at radius 2 is 2.00 bits per heavy atom. The predicted octanol–water partition coefficient (Wildman–Crippen LogP) is 2.53. The molecule has 0 bridgehead atoms. The third kappa shape index (κ3) is 1.91. The Labute approximate surface area is 63.8 Å². The minimum absolute atomic E-state index is 0.181. The maximum Gasteiger partial charge on any atom is 0.176 e. The molecule has 3 heteroatoms. The fourth-order valence-electron chi connectivity index (χ4n) is 0.749. The zero-order chi connectivity index (χ0) is 7.78. The molecule has 0 amide bonds. The largest absolute Gasteiger partial charge is 0.331 e. The standard InChI is InChI=1S/C7H15O2P/c1-6-5-8-10(9-6)7(2,3)4/h6H,5H2,1-4H3/t6-,10?/m1/s1. The minimum Gasteiger partial charge on any atom is -0.331 e. The van der Waals surface area contributed by atoms with Gasteiger partial charge in [-0.3, -0.25) is 0 Å². The van der Waals surface area contributed by atoms with Gasteiger partial charge in [0, 0.05) is 5.16 Å². The van der Waals surface area contributed by atoms with Gasteiger partial charge in [0.2, 0.25) is 0 Å². The van der Waals surface area contributed by atoms with E-state index in [9.17, 15) is 0 Å². The van der Waals surface area contributed by atoms with Gasteiger partial charge in [-0.2, -0.15) is 0 Å². The average molecular weight is 162 g/mol. The molecule has 0 N–H and O–H groups in total. The fraction of sp³-hybridized carbons (Fsp3) is 1.00. The first kappa shape index (κ1) is 8.45. The molecule has 60 valence electrons. The summed E-state index contributed by atoms with van der Waals surface area (Å²) in [5.41, 5.74) is 0. The summed E-state index contributed by atoms with van der Waals surface area (Å²) in [4.78, 5) is 0. The van der Waals surface area contributed by atoms with E-state index in [0.29, 0.717) is 6.10 Å². The molecule has 0 aromatic carbocycles. The Balaban J connectivity index is 2.45. The van der Waals surface area contributed by atoms with Crippen molar-refractivity contribution < 1.29 is 9.05 Å². The van der Waals surface area contributed by atoms with Crippen LogP contribution in [0.4, 0.5) is 0 Å². The summed E-state index contributed by atoms with van der Waals surface area (Å²) in [6, 6.07) is 0. The summed E-state index contributed by atoms with van der Waals surface area (Å²) in [7, 11) is -0.626. The van der Waals surface area contributed by atoms with Crippen LogP contribution in [0.3, 0.4) is 0 Å². The summed E-state index contributed by atoms with van der Waals surface area (Å²) in [5, 5.41) is 0.181. The third-order valence-corrected chi connectivity index (χ3v) is 3.28. The first-order valence-electron chi connectivity index (χ1n) is 3.60. The second-order valence-corrected chi connectivity index (χ2v) is 5.96. The topological polar surface area (TPSA) is 18.5 Å². The van der Waals surface area contributed by atoms with E-state index < -0.39 is 8.38 Å². The lowest BCUT2D eigenvalue weighted by molar-refractivity contribution is 0.261. The van der Waals surface area contributed by atoms with Gasteiger partial charge in [-0.15, -0.1) is 0 Å². The molecule has 2 nitrogen and oxygen atoms in total. The number of hydrogen-bond acceptors (Lipinski definition) is 2. The van der Waals surface area contributed by atoms with Crippen LogP contribution in [0.5, 0.6) is 0 Å². The van der Waals surface area contributed by atoms with Crippen LogP contribution in [-0.4, -0.2) is 17.9 Å². The first-order valence-corrected chi connectivity index (χ1v) is 4.78. The third-order valence-electron chi connectivity index (χ3n) is 1.25. The second kappa shape index (κ2) is 2.77. The van der Waals surface area contributed by atoms with E-state index in [-0.39, 0.29) is 5.16 Å². The molecular weight excluding hydrogens is 147 g/mol. The summed E-state index contributed by atoms with van der Waals surface area (Å²) < 4.78 is 11.0. The first-order chi connectivity index (χ1) is 4.50. The van der Waals surface area contributed by atoms with Crippen LogP contribution in [-0.2, 0) is 9.05 Å². The maximum absolute atomic E-state index is 5.57. The van der Waals surface area contributed by atoms with E-state index in [0.717, 1.165) is 6.61 Å². The predicted molar refractivity (Wildman–Crippen MR) is 43.2 cm³/mol. The summed E-state index contributed by atoms with van der Waals surface area (Å²) in [5.74, 6) is 0. The van der Waals surface area contributed by atoms with Crippen molar-refractivity contribution in [2.75, 3.05) is 6.61 Å². The van der Waals surface area contributed by atoms with E-state index in [1.807, 2.05) is 6.92 Å². The zero-order valence-corrected chi connectivity index (χ0v) is 7.94. The molecule has 1 unspecified atom stereocenters. The molecule has 0 aliphatic carbocycles. The highest BCUT2D eigenvalue weighted by atomic mass is 31.2. The molecule has 1 aliphatic rings. The van der Waals surface area contributed by atoms with E-state index >= 15 is 0 Å². The van der Waals surface area contributed by atoms with Gasteiger partial charge in [0.25, 0.3) is 0 Å². The van der Waals surface area contributed by atoms with Crippen molar-refractivity contribution in [1.29, 1.82) is 0 Å². The van der Waals surface area contributed by atoms with Gasteiger partial charge < -0.3 is 9.05 Å². The van der Waals surface area contributed by atoms with Gasteiger partial charge in [0.05, 0.1) is 12.7 Å². The van der Waals surface area contributed by atoms with Crippen LogP contribution >= 0.6 is 8.38 Å². The summed E-state index contributed by atoms with van der Waals surface area (Å²) in [6.45, 7) is 9.27. The highest BCUT2D eigenvalue weighted by Gasteiger charge is 2.34. The number of hydrogen-bond donors (Lipinski definition) is 0. The molecule has 1 fully saturated rings. The zero-order valence-electron chi connectivity index (χ0n) is 7.05. The van der Waals surface area contributed by atoms with Crippen molar-refractivity contribution in [3.8, 4) is 0 Å². The van der Waals surface area contributed by atoms with Crippen molar-refractivity contribution >= 4 is 8.38 Å². The molecule has 0 spiro atoms. The van der Waals surface area contributed by atoms with E-state index in [1.54, 1.807) is 0 Å². The maximum atomic E-state index is 5.57. The van der Waals surface area contributed by atoms with Gasteiger partial charge >= 0.3 is 0 Å². The second-order valence-electron chi connectivity index (χ2n) is 3.64. The lowest BCUT2D eigenvalue weighted by Crippen LogP contribution is -2.11. The Morgan fingerprint density at radius 3 is 2.20 bits per heavy atom. The van der Waals surface area contributed by atoms with Crippen molar-refractivity contribution in [1.82, 2.24) is 0 Å². The monoisotopic (exact) mass is 162 g/mol. The fourth-order valence-corrected chi connectivity index (χ4v) is 2.25. The van der Waals surface area contributed by atoms with Gasteiger partial charge in [-0.1, -0.05) is 20.8 Å². The Bertz CT molecular complexity index is 119. The Morgan fingerprint density at radius 1 is 1.40 bits per heavy atom. The molecule has 1 rings (SSSR count). The highest BCUT2D eigenvalue weighted by Crippen LogP contribution is 2.55. The molecule has 0 saturated carbocycles. The van der Waals surface area contributed by atoms with E-state index in [1.165, 1.54) is 0 Å². The molecule has 2 atom stereocenters. The Kier molecular flexibility index (Phi) is 2.34. The van der Waals surface area contributed by atoms with Crippen LogP contribution in [0, 0.1) is 0 Å². The van der Waals surface area contributed by atoms with Gasteiger partial charge in [0.1, 0.15) is 0 Å². The van der Waals surface area contributed by atoms with Crippen LogP contribution in [0.2, 0.25) is 0 Å². The molecule has 1 saturated heterocycles. The van der Waals surface area contributed by atoms with Crippen molar-refractivity contribution in [2.24, 2.45) is 0 Å². The van der Waals surface area contributed by atoms with E-state index in [4.69, 9.17) is 9.05 Å². The average Bonchev–Trinajstić information content (AvgIpc) is 2.11. The molecular formula is C7H15O2P. The lowest BCUT2D eigenvalue weighted by atomic mass is 10.3. The molecule has 1 heterocycles. The van der Waals surface area contributed by atoms with Gasteiger partial charge in [-0.25, -0.2) is 0 Å². The molecule has 1 aliphatic heterocycles. The Hall–Kier alpha value is 0.350. The van der Waals surface area contributed by atoms with Crippen LogP contribution in [0.25, 0.3) is 0 Å². The molecule has 0 aromatic rings. The molecule has 0 radical (unpaired) electrons. The van der Waals surface area contributed by atoms with E-state index in [2.05, 4.69) is 20.8 Å². The molecule has 10 heavy (non-hydrogen) atoms. The van der Waals surface area contributed by atoms with Crippen LogP contribution in [0.1, 0.15) is 27.7 Å². The SMILES string of the molecule is C[C@@H]1COP(C(C)(C)C)O1. The molecule has 0 aromatic heterocycles. The van der Waals surface area contributed by atoms with Gasteiger partial charge in [0.15, 0.2) is 8.38 Å². The quantitative estimate of drug-likeness (QED) is 0.509. The van der Waals surface area contributed by atoms with Crippen molar-refractivity contribution in [2.45, 2.75) is 39.0 Å². The normalized spacial score (nSPS) is 34.8.